The average Bonchev–Trinajstić information content (AvgIpc) is 2.54. The molecule has 4 saturated carbocycles. The van der Waals surface area contributed by atoms with Gasteiger partial charge in [-0.1, -0.05) is 0 Å². The van der Waals surface area contributed by atoms with E-state index in [1.165, 1.54) is 25.7 Å². The summed E-state index contributed by atoms with van der Waals surface area (Å²) >= 11 is 0. The highest BCUT2D eigenvalue weighted by Crippen LogP contribution is 2.57. The van der Waals surface area contributed by atoms with Gasteiger partial charge in [-0.3, -0.25) is 4.79 Å². The van der Waals surface area contributed by atoms with Crippen LogP contribution in [0, 0.1) is 23.2 Å². The number of carbonyl (C=O) groups is 1. The molecule has 2 N–H and O–H groups in total. The van der Waals surface area contributed by atoms with Crippen LogP contribution in [0.2, 0.25) is 0 Å². The number of nitrogens with one attached hydrogen (secondary N) is 1. The van der Waals surface area contributed by atoms with Crippen LogP contribution in [0.25, 0.3) is 0 Å². The molecule has 4 fully saturated rings. The van der Waals surface area contributed by atoms with Gasteiger partial charge in [-0.2, -0.15) is 0 Å². The Morgan fingerprint density at radius 1 is 1.21 bits per heavy atom. The maximum absolute atomic E-state index is 12.8. The lowest BCUT2D eigenvalue weighted by Gasteiger charge is -2.45. The lowest BCUT2D eigenvalue weighted by Crippen LogP contribution is -2.54. The van der Waals surface area contributed by atoms with E-state index in [0.717, 1.165) is 37.0 Å². The van der Waals surface area contributed by atoms with E-state index in [-0.39, 0.29) is 17.9 Å². The molecule has 0 heterocycles. The minimum atomic E-state index is -0.492. The van der Waals surface area contributed by atoms with Gasteiger partial charge in [0.15, 0.2) is 0 Å². The van der Waals surface area contributed by atoms with E-state index in [0.29, 0.717) is 0 Å². The van der Waals surface area contributed by atoms with Crippen molar-refractivity contribution in [2.75, 3.05) is 6.61 Å². The Morgan fingerprint density at radius 3 is 2.37 bits per heavy atom. The standard InChI is InChI=1S/C16H27NO2/c1-15(2,10-18)17-14(19)16-4-3-11-5-12(8-16)7-13(6-11)9-16/h11-13,18H,3-10H2,1-2H3,(H,17,19). The third kappa shape index (κ3) is 2.42. The molecule has 3 heteroatoms. The molecule has 0 aromatic carbocycles. The summed E-state index contributed by atoms with van der Waals surface area (Å²) in [4.78, 5) is 12.8. The molecule has 1 amide bonds. The maximum Gasteiger partial charge on any atom is 0.226 e. The Bertz CT molecular complexity index is 363. The predicted molar refractivity (Wildman–Crippen MR) is 74.5 cm³/mol. The normalized spacial score (nSPS) is 41.1. The third-order valence-electron chi connectivity index (χ3n) is 5.72. The second-order valence-electron chi connectivity index (χ2n) is 8.03. The molecule has 2 atom stereocenters. The van der Waals surface area contributed by atoms with E-state index in [2.05, 4.69) is 5.32 Å². The molecule has 0 aliphatic heterocycles. The Balaban J connectivity index is 1.80. The van der Waals surface area contributed by atoms with Crippen molar-refractivity contribution in [1.82, 2.24) is 5.32 Å². The van der Waals surface area contributed by atoms with Gasteiger partial charge in [0, 0.05) is 5.41 Å². The van der Waals surface area contributed by atoms with Crippen LogP contribution in [-0.4, -0.2) is 23.2 Å². The second-order valence-corrected chi connectivity index (χ2v) is 8.03. The van der Waals surface area contributed by atoms with Gasteiger partial charge in [0.1, 0.15) is 0 Å². The molecule has 4 bridgehead atoms. The molecule has 0 radical (unpaired) electrons. The van der Waals surface area contributed by atoms with Crippen molar-refractivity contribution in [3.05, 3.63) is 0 Å². The monoisotopic (exact) mass is 265 g/mol. The number of aliphatic hydroxyl groups excluding tert-OH is 1. The highest BCUT2D eigenvalue weighted by molar-refractivity contribution is 5.83. The minimum Gasteiger partial charge on any atom is -0.394 e. The lowest BCUT2D eigenvalue weighted by atomic mass is 9.61. The highest BCUT2D eigenvalue weighted by Gasteiger charge is 2.51. The Morgan fingerprint density at radius 2 is 1.79 bits per heavy atom. The van der Waals surface area contributed by atoms with E-state index in [1.54, 1.807) is 0 Å². The van der Waals surface area contributed by atoms with Crippen LogP contribution in [0.4, 0.5) is 0 Å². The zero-order valence-corrected chi connectivity index (χ0v) is 12.2. The lowest BCUT2D eigenvalue weighted by molar-refractivity contribution is -0.137. The summed E-state index contributed by atoms with van der Waals surface area (Å²) in [6.45, 7) is 3.81. The molecule has 2 unspecified atom stereocenters. The van der Waals surface area contributed by atoms with Crippen LogP contribution < -0.4 is 5.32 Å². The quantitative estimate of drug-likeness (QED) is 0.823. The molecule has 0 aromatic rings. The van der Waals surface area contributed by atoms with Crippen molar-refractivity contribution in [3.8, 4) is 0 Å². The van der Waals surface area contributed by atoms with Crippen molar-refractivity contribution in [2.45, 2.75) is 64.3 Å². The average molecular weight is 265 g/mol. The van der Waals surface area contributed by atoms with Crippen LogP contribution in [0.3, 0.4) is 0 Å². The molecule has 0 aromatic heterocycles. The summed E-state index contributed by atoms with van der Waals surface area (Å²) in [5, 5.41) is 12.5. The fourth-order valence-corrected chi connectivity index (χ4v) is 4.92. The van der Waals surface area contributed by atoms with Crippen LogP contribution in [0.15, 0.2) is 0 Å². The zero-order valence-electron chi connectivity index (χ0n) is 12.2. The van der Waals surface area contributed by atoms with E-state index in [9.17, 15) is 9.90 Å². The molecular formula is C16H27NO2. The molecule has 0 saturated heterocycles. The van der Waals surface area contributed by atoms with Crippen LogP contribution >= 0.6 is 0 Å². The number of rotatable bonds is 3. The second kappa shape index (κ2) is 4.47. The molecule has 108 valence electrons. The maximum atomic E-state index is 12.8. The van der Waals surface area contributed by atoms with Crippen LogP contribution in [0.1, 0.15) is 58.8 Å². The van der Waals surface area contributed by atoms with E-state index in [4.69, 9.17) is 0 Å². The SMILES string of the molecule is CC(C)(CO)NC(=O)C12CCC3CC(CC(C3)C1)C2. The van der Waals surface area contributed by atoms with Crippen molar-refractivity contribution in [3.63, 3.8) is 0 Å². The fourth-order valence-electron chi connectivity index (χ4n) is 4.92. The van der Waals surface area contributed by atoms with Crippen LogP contribution in [0.5, 0.6) is 0 Å². The Kier molecular flexibility index (Phi) is 3.16. The smallest absolute Gasteiger partial charge is 0.226 e. The highest BCUT2D eigenvalue weighted by atomic mass is 16.3. The van der Waals surface area contributed by atoms with Gasteiger partial charge in [-0.15, -0.1) is 0 Å². The largest absolute Gasteiger partial charge is 0.394 e. The first-order valence-electron chi connectivity index (χ1n) is 7.86. The first-order chi connectivity index (χ1) is 8.92. The molecule has 3 nitrogen and oxygen atoms in total. The van der Waals surface area contributed by atoms with Gasteiger partial charge >= 0.3 is 0 Å². The summed E-state index contributed by atoms with van der Waals surface area (Å²) < 4.78 is 0. The molecule has 0 spiro atoms. The van der Waals surface area contributed by atoms with Crippen LogP contribution in [-0.2, 0) is 4.79 Å². The number of hydrogen-bond acceptors (Lipinski definition) is 2. The Hall–Kier alpha value is -0.570. The van der Waals surface area contributed by atoms with Crippen molar-refractivity contribution < 1.29 is 9.90 Å². The number of carbonyl (C=O) groups excluding carboxylic acids is 1. The summed E-state index contributed by atoms with van der Waals surface area (Å²) in [5.41, 5.74) is -0.612. The number of hydrogen-bond donors (Lipinski definition) is 2. The predicted octanol–water partition coefficient (Wildman–Crippen LogP) is 2.48. The number of fused-ring (bicyclic) bond motifs is 1. The van der Waals surface area contributed by atoms with Gasteiger partial charge in [0.05, 0.1) is 12.1 Å². The van der Waals surface area contributed by atoms with Gasteiger partial charge < -0.3 is 10.4 Å². The van der Waals surface area contributed by atoms with Gasteiger partial charge in [0.25, 0.3) is 0 Å². The van der Waals surface area contributed by atoms with E-state index >= 15 is 0 Å². The third-order valence-corrected chi connectivity index (χ3v) is 5.72. The topological polar surface area (TPSA) is 49.3 Å². The Labute approximate surface area is 116 Å². The molecule has 4 aliphatic rings. The zero-order chi connectivity index (χ0) is 13.7. The van der Waals surface area contributed by atoms with Crippen molar-refractivity contribution >= 4 is 5.91 Å². The first-order valence-corrected chi connectivity index (χ1v) is 7.86. The van der Waals surface area contributed by atoms with Gasteiger partial charge in [-0.25, -0.2) is 0 Å². The van der Waals surface area contributed by atoms with Gasteiger partial charge in [0.2, 0.25) is 5.91 Å². The van der Waals surface area contributed by atoms with E-state index < -0.39 is 5.54 Å². The summed E-state index contributed by atoms with van der Waals surface area (Å²) in [7, 11) is 0. The summed E-state index contributed by atoms with van der Waals surface area (Å²) in [5.74, 6) is 2.65. The fraction of sp³-hybridized carbons (Fsp3) is 0.938. The minimum absolute atomic E-state index is 0.00427. The van der Waals surface area contributed by atoms with E-state index in [1.807, 2.05) is 13.8 Å². The molecule has 4 rings (SSSR count). The number of aliphatic hydroxyl groups is 1. The van der Waals surface area contributed by atoms with Crippen molar-refractivity contribution in [2.24, 2.45) is 23.2 Å². The summed E-state index contributed by atoms with van der Waals surface area (Å²) in [6, 6.07) is 0. The molecule has 19 heavy (non-hydrogen) atoms. The number of amides is 1. The van der Waals surface area contributed by atoms with Gasteiger partial charge in [-0.05, 0) is 76.5 Å². The van der Waals surface area contributed by atoms with Crippen molar-refractivity contribution in [1.29, 1.82) is 0 Å². The summed E-state index contributed by atoms with van der Waals surface area (Å²) in [6.07, 6.45) is 8.55. The molecular weight excluding hydrogens is 238 g/mol. The first kappa shape index (κ1) is 13.4. The molecule has 4 aliphatic carbocycles.